The highest BCUT2D eigenvalue weighted by Crippen LogP contribution is 2.22. The zero-order valence-corrected chi connectivity index (χ0v) is 12.3. The number of esters is 1. The van der Waals surface area contributed by atoms with Crippen molar-refractivity contribution in [3.05, 3.63) is 0 Å². The highest BCUT2D eigenvalue weighted by atomic mass is 16.6. The number of carboxylic acids is 1. The van der Waals surface area contributed by atoms with E-state index in [1.165, 1.54) is 0 Å². The van der Waals surface area contributed by atoms with E-state index < -0.39 is 18.1 Å². The minimum absolute atomic E-state index is 0.217. The molecule has 20 heavy (non-hydrogen) atoms. The van der Waals surface area contributed by atoms with Crippen LogP contribution in [-0.2, 0) is 19.1 Å². The maximum atomic E-state index is 12.1. The van der Waals surface area contributed by atoms with Crippen LogP contribution in [-0.4, -0.2) is 60.4 Å². The highest BCUT2D eigenvalue weighted by Gasteiger charge is 2.36. The topological polar surface area (TPSA) is 76.1 Å². The molecule has 0 bridgehead atoms. The van der Waals surface area contributed by atoms with E-state index in [0.717, 1.165) is 12.8 Å². The molecule has 0 radical (unpaired) electrons. The molecule has 0 aromatic rings. The van der Waals surface area contributed by atoms with Gasteiger partial charge in [-0.15, -0.1) is 0 Å². The molecule has 1 aliphatic rings. The van der Waals surface area contributed by atoms with Gasteiger partial charge in [0.25, 0.3) is 0 Å². The van der Waals surface area contributed by atoms with Crippen molar-refractivity contribution in [1.82, 2.24) is 4.90 Å². The Bertz CT molecular complexity index is 321. The minimum atomic E-state index is -0.856. The van der Waals surface area contributed by atoms with Gasteiger partial charge in [-0.05, 0) is 32.7 Å². The van der Waals surface area contributed by atoms with Gasteiger partial charge in [-0.2, -0.15) is 0 Å². The van der Waals surface area contributed by atoms with Crippen molar-refractivity contribution in [2.24, 2.45) is 0 Å². The lowest BCUT2D eigenvalue weighted by molar-refractivity contribution is -0.157. The number of carbonyl (C=O) groups excluding carboxylic acids is 1. The van der Waals surface area contributed by atoms with Crippen LogP contribution >= 0.6 is 0 Å². The average Bonchev–Trinajstić information content (AvgIpc) is 2.45. The summed E-state index contributed by atoms with van der Waals surface area (Å²) < 4.78 is 10.3. The van der Waals surface area contributed by atoms with E-state index in [-0.39, 0.29) is 12.6 Å². The number of piperidine rings is 1. The molecule has 0 aromatic carbocycles. The number of carboxylic acid groups (broad SMARTS) is 1. The van der Waals surface area contributed by atoms with Crippen LogP contribution in [0.25, 0.3) is 0 Å². The molecule has 1 rings (SSSR count). The van der Waals surface area contributed by atoms with Crippen LogP contribution < -0.4 is 0 Å². The normalized spacial score (nSPS) is 21.4. The number of hydrogen-bond acceptors (Lipinski definition) is 5. The van der Waals surface area contributed by atoms with Gasteiger partial charge in [0, 0.05) is 6.61 Å². The summed E-state index contributed by atoms with van der Waals surface area (Å²) in [5, 5.41) is 9.27. The van der Waals surface area contributed by atoms with Gasteiger partial charge in [0.2, 0.25) is 0 Å². The first-order chi connectivity index (χ1) is 9.61. The zero-order chi connectivity index (χ0) is 15.0. The molecule has 1 saturated heterocycles. The Labute approximate surface area is 120 Å². The molecule has 1 N–H and O–H groups in total. The Morgan fingerprint density at radius 2 is 2.05 bits per heavy atom. The Balaban J connectivity index is 2.57. The van der Waals surface area contributed by atoms with Crippen molar-refractivity contribution in [3.63, 3.8) is 0 Å². The molecule has 6 heteroatoms. The Hall–Kier alpha value is -1.14. The first-order valence-corrected chi connectivity index (χ1v) is 7.34. The van der Waals surface area contributed by atoms with Crippen molar-refractivity contribution in [2.75, 3.05) is 26.4 Å². The summed E-state index contributed by atoms with van der Waals surface area (Å²) in [4.78, 5) is 25.2. The number of likely N-dealkylation sites (tertiary alicyclic amines) is 1. The predicted octanol–water partition coefficient (Wildman–Crippen LogP) is 1.28. The standard InChI is InChI=1S/C14H25NO5/c1-3-11(14(18)20-10-9-19-4-2)15-8-6-5-7-12(15)13(16)17/h11-12H,3-10H2,1-2H3,(H,16,17). The molecule has 2 unspecified atom stereocenters. The predicted molar refractivity (Wildman–Crippen MR) is 73.5 cm³/mol. The van der Waals surface area contributed by atoms with Crippen LogP contribution in [0, 0.1) is 0 Å². The van der Waals surface area contributed by atoms with Gasteiger partial charge < -0.3 is 14.6 Å². The first-order valence-electron chi connectivity index (χ1n) is 7.34. The van der Waals surface area contributed by atoms with E-state index in [1.54, 1.807) is 4.90 Å². The van der Waals surface area contributed by atoms with Crippen molar-refractivity contribution in [2.45, 2.75) is 51.6 Å². The summed E-state index contributed by atoms with van der Waals surface area (Å²) in [6.45, 7) is 5.57. The smallest absolute Gasteiger partial charge is 0.323 e. The summed E-state index contributed by atoms with van der Waals surface area (Å²) in [6.07, 6.45) is 2.96. The fraction of sp³-hybridized carbons (Fsp3) is 0.857. The van der Waals surface area contributed by atoms with Gasteiger partial charge in [0.15, 0.2) is 0 Å². The van der Waals surface area contributed by atoms with E-state index in [0.29, 0.717) is 32.6 Å². The molecule has 0 saturated carbocycles. The van der Waals surface area contributed by atoms with E-state index in [9.17, 15) is 14.7 Å². The van der Waals surface area contributed by atoms with Crippen LogP contribution in [0.15, 0.2) is 0 Å². The second-order valence-electron chi connectivity index (χ2n) is 4.88. The van der Waals surface area contributed by atoms with Crippen LogP contribution in [0.1, 0.15) is 39.5 Å². The number of carbonyl (C=O) groups is 2. The molecular formula is C14H25NO5. The molecule has 0 amide bonds. The van der Waals surface area contributed by atoms with Gasteiger partial charge in [0.1, 0.15) is 18.7 Å². The number of ether oxygens (including phenoxy) is 2. The molecule has 1 aliphatic heterocycles. The monoisotopic (exact) mass is 287 g/mol. The third kappa shape index (κ3) is 4.76. The fourth-order valence-electron chi connectivity index (χ4n) is 2.57. The third-order valence-electron chi connectivity index (χ3n) is 3.56. The molecular weight excluding hydrogens is 262 g/mol. The molecule has 116 valence electrons. The molecule has 1 fully saturated rings. The van der Waals surface area contributed by atoms with Gasteiger partial charge in [0.05, 0.1) is 6.61 Å². The number of nitrogens with zero attached hydrogens (tertiary/aromatic N) is 1. The zero-order valence-electron chi connectivity index (χ0n) is 12.3. The van der Waals surface area contributed by atoms with E-state index >= 15 is 0 Å². The number of rotatable bonds is 8. The van der Waals surface area contributed by atoms with E-state index in [2.05, 4.69) is 0 Å². The fourth-order valence-corrected chi connectivity index (χ4v) is 2.57. The Morgan fingerprint density at radius 3 is 2.65 bits per heavy atom. The van der Waals surface area contributed by atoms with Crippen molar-refractivity contribution < 1.29 is 24.2 Å². The van der Waals surface area contributed by atoms with Crippen LogP contribution in [0.5, 0.6) is 0 Å². The lowest BCUT2D eigenvalue weighted by atomic mass is 9.99. The third-order valence-corrected chi connectivity index (χ3v) is 3.56. The second kappa shape index (κ2) is 8.92. The quantitative estimate of drug-likeness (QED) is 0.535. The summed E-state index contributed by atoms with van der Waals surface area (Å²) in [6, 6.07) is -1.05. The van der Waals surface area contributed by atoms with Crippen molar-refractivity contribution in [3.8, 4) is 0 Å². The SMILES string of the molecule is CCOCCOC(=O)C(CC)N1CCCCC1C(=O)O. The first kappa shape index (κ1) is 16.9. The summed E-state index contributed by atoms with van der Waals surface area (Å²) in [5.74, 6) is -1.20. The summed E-state index contributed by atoms with van der Waals surface area (Å²) >= 11 is 0. The number of hydrogen-bond donors (Lipinski definition) is 1. The van der Waals surface area contributed by atoms with Gasteiger partial charge >= 0.3 is 11.9 Å². The molecule has 0 spiro atoms. The maximum absolute atomic E-state index is 12.1. The van der Waals surface area contributed by atoms with Crippen LogP contribution in [0.3, 0.4) is 0 Å². The van der Waals surface area contributed by atoms with Crippen LogP contribution in [0.2, 0.25) is 0 Å². The maximum Gasteiger partial charge on any atom is 0.323 e. The second-order valence-corrected chi connectivity index (χ2v) is 4.88. The lowest BCUT2D eigenvalue weighted by Crippen LogP contribution is -2.53. The van der Waals surface area contributed by atoms with Crippen molar-refractivity contribution >= 4 is 11.9 Å². The Kier molecular flexibility index (Phi) is 7.54. The summed E-state index contributed by atoms with van der Waals surface area (Å²) in [7, 11) is 0. The molecule has 0 aliphatic carbocycles. The highest BCUT2D eigenvalue weighted by molar-refractivity contribution is 5.78. The molecule has 0 aromatic heterocycles. The molecule has 2 atom stereocenters. The average molecular weight is 287 g/mol. The van der Waals surface area contributed by atoms with E-state index in [1.807, 2.05) is 13.8 Å². The molecule has 1 heterocycles. The Morgan fingerprint density at radius 1 is 1.30 bits per heavy atom. The molecule has 6 nitrogen and oxygen atoms in total. The number of aliphatic carboxylic acids is 1. The van der Waals surface area contributed by atoms with E-state index in [4.69, 9.17) is 9.47 Å². The van der Waals surface area contributed by atoms with Crippen LogP contribution in [0.4, 0.5) is 0 Å². The van der Waals surface area contributed by atoms with Gasteiger partial charge in [-0.25, -0.2) is 0 Å². The summed E-state index contributed by atoms with van der Waals surface area (Å²) in [5.41, 5.74) is 0. The lowest BCUT2D eigenvalue weighted by Gasteiger charge is -2.37. The largest absolute Gasteiger partial charge is 0.480 e. The minimum Gasteiger partial charge on any atom is -0.480 e. The van der Waals surface area contributed by atoms with Gasteiger partial charge in [-0.1, -0.05) is 13.3 Å². The van der Waals surface area contributed by atoms with Gasteiger partial charge in [-0.3, -0.25) is 14.5 Å². The van der Waals surface area contributed by atoms with Crippen molar-refractivity contribution in [1.29, 1.82) is 0 Å².